The van der Waals surface area contributed by atoms with Gasteiger partial charge in [0.15, 0.2) is 5.11 Å². The molecule has 2 atom stereocenters. The van der Waals surface area contributed by atoms with Crippen LogP contribution in [0.4, 0.5) is 0 Å². The molecule has 0 bridgehead atoms. The van der Waals surface area contributed by atoms with E-state index in [0.29, 0.717) is 47.1 Å². The Kier molecular flexibility index (Phi) is 9.61. The van der Waals surface area contributed by atoms with Gasteiger partial charge in [-0.05, 0) is 82.3 Å². The van der Waals surface area contributed by atoms with Crippen molar-refractivity contribution in [1.29, 1.82) is 0 Å². The molecule has 3 aliphatic heterocycles. The van der Waals surface area contributed by atoms with Crippen LogP contribution in [0.15, 0.2) is 36.4 Å². The van der Waals surface area contributed by atoms with Gasteiger partial charge in [-0.3, -0.25) is 4.79 Å². The summed E-state index contributed by atoms with van der Waals surface area (Å²) >= 11 is 12.2. The Morgan fingerprint density at radius 3 is 2.50 bits per heavy atom. The molecule has 7 nitrogen and oxygen atoms in total. The maximum absolute atomic E-state index is 12.8. The number of nitrogens with one attached hydrogen (secondary N) is 1. The molecule has 1 aromatic heterocycles. The fraction of sp³-hybridized carbons (Fsp3) is 0.581. The van der Waals surface area contributed by atoms with Crippen molar-refractivity contribution in [3.05, 3.63) is 63.9 Å². The summed E-state index contributed by atoms with van der Waals surface area (Å²) in [6, 6.07) is 14.2. The molecule has 0 radical (unpaired) electrons. The van der Waals surface area contributed by atoms with Crippen LogP contribution in [0.1, 0.15) is 72.2 Å². The predicted molar refractivity (Wildman–Crippen MR) is 164 cm³/mol. The van der Waals surface area contributed by atoms with Gasteiger partial charge >= 0.3 is 0 Å². The molecule has 0 aliphatic carbocycles. The summed E-state index contributed by atoms with van der Waals surface area (Å²) in [5.41, 5.74) is 3.50. The van der Waals surface area contributed by atoms with Gasteiger partial charge in [-0.2, -0.15) is 0 Å². The number of aromatic nitrogens is 1. The molecular weight excluding hydrogens is 542 g/mol. The molecule has 1 aromatic carbocycles. The second-order valence-electron chi connectivity index (χ2n) is 11.5. The average Bonchev–Trinajstić information content (AvgIpc) is 3.30. The molecular formula is C31H42ClN5O2S. The summed E-state index contributed by atoms with van der Waals surface area (Å²) in [5, 5.41) is 4.55. The summed E-state index contributed by atoms with van der Waals surface area (Å²) in [5.74, 6) is -0.0753. The van der Waals surface area contributed by atoms with Crippen LogP contribution in [-0.4, -0.2) is 88.2 Å². The van der Waals surface area contributed by atoms with E-state index in [2.05, 4.69) is 62.3 Å². The van der Waals surface area contributed by atoms with Crippen LogP contribution in [0.3, 0.4) is 0 Å². The van der Waals surface area contributed by atoms with E-state index < -0.39 is 0 Å². The molecule has 1 N–H and O–H groups in total. The maximum Gasteiger partial charge on any atom is 0.253 e. The molecule has 5 rings (SSSR count). The molecule has 1 amide bonds. The van der Waals surface area contributed by atoms with Gasteiger partial charge in [0, 0.05) is 57.5 Å². The first-order valence-corrected chi connectivity index (χ1v) is 15.5. The molecule has 4 heterocycles. The number of benzene rings is 1. The van der Waals surface area contributed by atoms with Gasteiger partial charge in [0.2, 0.25) is 0 Å². The second-order valence-corrected chi connectivity index (χ2v) is 12.2. The smallest absolute Gasteiger partial charge is 0.253 e. The van der Waals surface area contributed by atoms with E-state index in [1.807, 2.05) is 13.8 Å². The minimum absolute atomic E-state index is 0.0753. The quantitative estimate of drug-likeness (QED) is 0.341. The molecule has 0 spiro atoms. The van der Waals surface area contributed by atoms with E-state index in [1.165, 1.54) is 5.56 Å². The zero-order chi connectivity index (χ0) is 28.2. The van der Waals surface area contributed by atoms with Crippen molar-refractivity contribution in [2.75, 3.05) is 39.4 Å². The summed E-state index contributed by atoms with van der Waals surface area (Å²) < 4.78 is 5.64. The zero-order valence-electron chi connectivity index (χ0n) is 23.9. The van der Waals surface area contributed by atoms with Crippen LogP contribution >= 0.6 is 23.8 Å². The highest BCUT2D eigenvalue weighted by Crippen LogP contribution is 2.37. The average molecular weight is 584 g/mol. The van der Waals surface area contributed by atoms with Gasteiger partial charge in [0.1, 0.15) is 5.15 Å². The van der Waals surface area contributed by atoms with Crippen LogP contribution in [0.5, 0.6) is 0 Å². The van der Waals surface area contributed by atoms with Crippen LogP contribution in [0, 0.1) is 13.8 Å². The van der Waals surface area contributed by atoms with Crippen LogP contribution in [0.2, 0.25) is 5.15 Å². The summed E-state index contributed by atoms with van der Waals surface area (Å²) in [6.07, 6.45) is 5.19. The van der Waals surface area contributed by atoms with Gasteiger partial charge in [-0.15, -0.1) is 0 Å². The first-order chi connectivity index (χ1) is 19.3. The van der Waals surface area contributed by atoms with Crippen molar-refractivity contribution in [1.82, 2.24) is 25.0 Å². The number of ether oxygens (including phenoxy) is 1. The molecule has 2 aromatic rings. The molecule has 3 fully saturated rings. The Morgan fingerprint density at radius 1 is 1.12 bits per heavy atom. The van der Waals surface area contributed by atoms with Crippen molar-refractivity contribution in [2.45, 2.75) is 77.0 Å². The molecule has 216 valence electrons. The highest BCUT2D eigenvalue weighted by Gasteiger charge is 2.43. The third-order valence-corrected chi connectivity index (χ3v) is 9.58. The number of halogens is 1. The SMILES string of the molecule is Cc1cc(Cl)nc(C)c1C(=O)NCCC(C)N1CCC(N2C(=S)N(C3CCOCC3)CC2c2ccccc2)CC1. The molecule has 0 saturated carbocycles. The third kappa shape index (κ3) is 6.46. The highest BCUT2D eigenvalue weighted by molar-refractivity contribution is 7.80. The number of rotatable bonds is 8. The van der Waals surface area contributed by atoms with Crippen molar-refractivity contribution >= 4 is 34.8 Å². The number of hydrogen-bond acceptors (Lipinski definition) is 5. The van der Waals surface area contributed by atoms with Gasteiger partial charge in [-0.1, -0.05) is 41.9 Å². The van der Waals surface area contributed by atoms with Crippen LogP contribution in [0.25, 0.3) is 0 Å². The lowest BCUT2D eigenvalue weighted by atomic mass is 9.98. The molecule has 3 aliphatic rings. The van der Waals surface area contributed by atoms with Gasteiger partial charge in [0.25, 0.3) is 5.91 Å². The van der Waals surface area contributed by atoms with Crippen molar-refractivity contribution in [2.24, 2.45) is 0 Å². The summed E-state index contributed by atoms with van der Waals surface area (Å²) in [6.45, 7) is 11.3. The molecule has 40 heavy (non-hydrogen) atoms. The molecule has 9 heteroatoms. The Labute approximate surface area is 249 Å². The lowest BCUT2D eigenvalue weighted by Crippen LogP contribution is -2.50. The maximum atomic E-state index is 12.8. The number of aryl methyl sites for hydroxylation is 2. The first-order valence-electron chi connectivity index (χ1n) is 14.7. The van der Waals surface area contributed by atoms with Gasteiger partial charge < -0.3 is 24.8 Å². The number of hydrogen-bond donors (Lipinski definition) is 1. The van der Waals surface area contributed by atoms with Gasteiger partial charge in [-0.25, -0.2) is 4.98 Å². The number of carbonyl (C=O) groups excluding carboxylic acids is 1. The lowest BCUT2D eigenvalue weighted by Gasteiger charge is -2.42. The Bertz CT molecular complexity index is 1160. The van der Waals surface area contributed by atoms with E-state index in [-0.39, 0.29) is 5.91 Å². The first kappa shape index (κ1) is 29.2. The fourth-order valence-corrected chi connectivity index (χ4v) is 7.48. The summed E-state index contributed by atoms with van der Waals surface area (Å²) in [7, 11) is 0. The van der Waals surface area contributed by atoms with Crippen molar-refractivity contribution < 1.29 is 9.53 Å². The van der Waals surface area contributed by atoms with Crippen molar-refractivity contribution in [3.63, 3.8) is 0 Å². The van der Waals surface area contributed by atoms with Crippen LogP contribution in [-0.2, 0) is 4.74 Å². The van der Waals surface area contributed by atoms with E-state index in [1.54, 1.807) is 6.07 Å². The molecule has 3 saturated heterocycles. The van der Waals surface area contributed by atoms with Crippen LogP contribution < -0.4 is 5.32 Å². The summed E-state index contributed by atoms with van der Waals surface area (Å²) in [4.78, 5) is 24.7. The fourth-order valence-electron chi connectivity index (χ4n) is 6.69. The molecule has 2 unspecified atom stereocenters. The second kappa shape index (κ2) is 13.1. The predicted octanol–water partition coefficient (Wildman–Crippen LogP) is 5.15. The number of carbonyl (C=O) groups is 1. The number of thiocarbonyl (C=S) groups is 1. The van der Waals surface area contributed by atoms with E-state index in [0.717, 1.165) is 75.6 Å². The third-order valence-electron chi connectivity index (χ3n) is 8.94. The Hall–Kier alpha value is -2.26. The van der Waals surface area contributed by atoms with E-state index >= 15 is 0 Å². The lowest BCUT2D eigenvalue weighted by molar-refractivity contribution is 0.0574. The zero-order valence-corrected chi connectivity index (χ0v) is 25.5. The highest BCUT2D eigenvalue weighted by atomic mass is 35.5. The Morgan fingerprint density at radius 2 is 1.82 bits per heavy atom. The standard InChI is InChI=1S/C31H42ClN5O2S/c1-21-19-28(32)34-23(3)29(21)30(38)33-14-9-22(2)35-15-10-26(11-16-35)37-27(24-7-5-4-6-8-24)20-36(31(37)40)25-12-17-39-18-13-25/h4-8,19,22,25-27H,9-18,20H2,1-3H3,(H,33,38). The van der Waals surface area contributed by atoms with Gasteiger partial charge in [0.05, 0.1) is 17.3 Å². The number of amides is 1. The number of piperidine rings is 1. The van der Waals surface area contributed by atoms with E-state index in [9.17, 15) is 4.79 Å². The number of pyridine rings is 1. The van der Waals surface area contributed by atoms with E-state index in [4.69, 9.17) is 28.6 Å². The normalized spacial score (nSPS) is 22.1. The largest absolute Gasteiger partial charge is 0.381 e. The number of likely N-dealkylation sites (tertiary alicyclic amines) is 1. The minimum atomic E-state index is -0.0753. The monoisotopic (exact) mass is 583 g/mol. The Balaban J connectivity index is 1.16. The number of nitrogens with zero attached hydrogens (tertiary/aromatic N) is 4. The minimum Gasteiger partial charge on any atom is -0.381 e. The topological polar surface area (TPSA) is 60.9 Å². The van der Waals surface area contributed by atoms with Crippen molar-refractivity contribution in [3.8, 4) is 0 Å².